The predicted molar refractivity (Wildman–Crippen MR) is 118 cm³/mol. The van der Waals surface area contributed by atoms with Crippen molar-refractivity contribution in [2.24, 2.45) is 28.6 Å². The Morgan fingerprint density at radius 2 is 1.67 bits per heavy atom. The molecule has 0 heterocycles. The molecule has 2 unspecified atom stereocenters. The zero-order valence-electron chi connectivity index (χ0n) is 19.3. The molecule has 0 spiro atoms. The standard InChI is InChI=1S/C24H41NO4S/c1-5-22(3,4)21(26)29-24(6-2)18-11-17-12-19(24)15-23(13-17,14-18)16-25-30(27,28)20-9-7-8-10-20/h17-20,25H,5-16H2,1-4H3. The Morgan fingerprint density at radius 3 is 2.20 bits per heavy atom. The summed E-state index contributed by atoms with van der Waals surface area (Å²) in [6.07, 6.45) is 10.7. The van der Waals surface area contributed by atoms with Crippen molar-refractivity contribution in [2.45, 2.75) is 109 Å². The molecule has 5 aliphatic carbocycles. The first-order valence-electron chi connectivity index (χ1n) is 12.3. The van der Waals surface area contributed by atoms with Crippen LogP contribution in [-0.4, -0.2) is 31.8 Å². The number of sulfonamides is 1. The van der Waals surface area contributed by atoms with Crippen molar-refractivity contribution < 1.29 is 17.9 Å². The monoisotopic (exact) mass is 439 g/mol. The average Bonchev–Trinajstić information content (AvgIpc) is 3.25. The van der Waals surface area contributed by atoms with E-state index in [0.717, 1.165) is 70.6 Å². The van der Waals surface area contributed by atoms with Gasteiger partial charge in [-0.05, 0) is 94.8 Å². The quantitative estimate of drug-likeness (QED) is 0.551. The van der Waals surface area contributed by atoms with E-state index in [2.05, 4.69) is 11.6 Å². The van der Waals surface area contributed by atoms with Gasteiger partial charge in [-0.25, -0.2) is 13.1 Å². The van der Waals surface area contributed by atoms with Crippen LogP contribution in [0.1, 0.15) is 98.3 Å². The number of rotatable bonds is 8. The molecule has 172 valence electrons. The van der Waals surface area contributed by atoms with Gasteiger partial charge in [0.2, 0.25) is 10.0 Å². The average molecular weight is 440 g/mol. The van der Waals surface area contributed by atoms with E-state index >= 15 is 0 Å². The van der Waals surface area contributed by atoms with Gasteiger partial charge >= 0.3 is 5.97 Å². The topological polar surface area (TPSA) is 72.5 Å². The summed E-state index contributed by atoms with van der Waals surface area (Å²) in [7, 11) is -3.22. The van der Waals surface area contributed by atoms with E-state index in [1.165, 1.54) is 0 Å². The van der Waals surface area contributed by atoms with Gasteiger partial charge in [0.15, 0.2) is 0 Å². The van der Waals surface area contributed by atoms with Crippen LogP contribution in [0.3, 0.4) is 0 Å². The first kappa shape index (κ1) is 22.6. The largest absolute Gasteiger partial charge is 0.458 e. The van der Waals surface area contributed by atoms with Crippen molar-refractivity contribution in [2.75, 3.05) is 6.54 Å². The molecule has 0 radical (unpaired) electrons. The van der Waals surface area contributed by atoms with E-state index in [-0.39, 0.29) is 22.2 Å². The Bertz CT molecular complexity index is 752. The van der Waals surface area contributed by atoms with Gasteiger partial charge in [0, 0.05) is 6.54 Å². The van der Waals surface area contributed by atoms with Gasteiger partial charge in [-0.1, -0.05) is 26.7 Å². The van der Waals surface area contributed by atoms with Crippen LogP contribution in [0.4, 0.5) is 0 Å². The summed E-state index contributed by atoms with van der Waals surface area (Å²) in [5.74, 6) is 1.31. The van der Waals surface area contributed by atoms with E-state index in [0.29, 0.717) is 24.3 Å². The van der Waals surface area contributed by atoms with Gasteiger partial charge in [-0.2, -0.15) is 0 Å². The molecule has 5 rings (SSSR count). The van der Waals surface area contributed by atoms with Crippen LogP contribution in [0, 0.1) is 28.6 Å². The fraction of sp³-hybridized carbons (Fsp3) is 0.958. The predicted octanol–water partition coefficient (Wildman–Crippen LogP) is 4.80. The number of nitrogens with one attached hydrogen (secondary N) is 1. The van der Waals surface area contributed by atoms with Gasteiger partial charge in [0.05, 0.1) is 10.7 Å². The summed E-state index contributed by atoms with van der Waals surface area (Å²) in [6, 6.07) is 0. The lowest BCUT2D eigenvalue weighted by molar-refractivity contribution is -0.231. The smallest absolute Gasteiger partial charge is 0.312 e. The maximum absolute atomic E-state index is 13.0. The van der Waals surface area contributed by atoms with E-state index in [1.54, 1.807) is 0 Å². The maximum Gasteiger partial charge on any atom is 0.312 e. The van der Waals surface area contributed by atoms with Gasteiger partial charge in [-0.3, -0.25) is 4.79 Å². The number of hydrogen-bond acceptors (Lipinski definition) is 4. The Labute approximate surface area is 183 Å². The summed E-state index contributed by atoms with van der Waals surface area (Å²) in [6.45, 7) is 8.75. The second kappa shape index (κ2) is 7.75. The van der Waals surface area contributed by atoms with Crippen LogP contribution in [0.2, 0.25) is 0 Å². The molecule has 30 heavy (non-hydrogen) atoms. The van der Waals surface area contributed by atoms with Crippen molar-refractivity contribution in [3.63, 3.8) is 0 Å². The molecule has 5 nitrogen and oxygen atoms in total. The lowest BCUT2D eigenvalue weighted by atomic mass is 9.44. The summed E-state index contributed by atoms with van der Waals surface area (Å²) in [4.78, 5) is 13.0. The fourth-order valence-electron chi connectivity index (χ4n) is 7.28. The summed E-state index contributed by atoms with van der Waals surface area (Å²) in [5, 5.41) is -0.196. The van der Waals surface area contributed by atoms with Crippen molar-refractivity contribution >= 4 is 16.0 Å². The minimum Gasteiger partial charge on any atom is -0.458 e. The highest BCUT2D eigenvalue weighted by atomic mass is 32.2. The molecule has 1 N–H and O–H groups in total. The van der Waals surface area contributed by atoms with E-state index in [4.69, 9.17) is 4.74 Å². The number of ether oxygens (including phenoxy) is 1. The normalized spacial score (nSPS) is 38.9. The molecule has 0 saturated heterocycles. The van der Waals surface area contributed by atoms with Crippen LogP contribution >= 0.6 is 0 Å². The van der Waals surface area contributed by atoms with Crippen LogP contribution in [0.15, 0.2) is 0 Å². The van der Waals surface area contributed by atoms with Crippen LogP contribution in [-0.2, 0) is 19.6 Å². The summed E-state index contributed by atoms with van der Waals surface area (Å²) in [5.41, 5.74) is -0.757. The minimum absolute atomic E-state index is 0.0491. The molecule has 0 amide bonds. The highest BCUT2D eigenvalue weighted by Gasteiger charge is 2.63. The van der Waals surface area contributed by atoms with Crippen molar-refractivity contribution in [3.05, 3.63) is 0 Å². The molecular formula is C24H41NO4S. The third-order valence-electron chi connectivity index (χ3n) is 9.36. The number of esters is 1. The summed E-state index contributed by atoms with van der Waals surface area (Å²) < 4.78 is 35.1. The zero-order chi connectivity index (χ0) is 21.8. The van der Waals surface area contributed by atoms with Gasteiger partial charge < -0.3 is 4.74 Å². The molecule has 0 aliphatic heterocycles. The van der Waals surface area contributed by atoms with Gasteiger partial charge in [0.25, 0.3) is 0 Å². The molecule has 0 aromatic rings. The summed E-state index contributed by atoms with van der Waals surface area (Å²) >= 11 is 0. The zero-order valence-corrected chi connectivity index (χ0v) is 20.2. The molecule has 5 saturated carbocycles. The number of carbonyl (C=O) groups excluding carboxylic acids is 1. The Morgan fingerprint density at radius 1 is 1.07 bits per heavy atom. The van der Waals surface area contributed by atoms with Gasteiger partial charge in [-0.15, -0.1) is 0 Å². The Hall–Kier alpha value is -0.620. The maximum atomic E-state index is 13.0. The van der Waals surface area contributed by atoms with E-state index < -0.39 is 15.4 Å². The highest BCUT2D eigenvalue weighted by molar-refractivity contribution is 7.90. The third kappa shape index (κ3) is 3.74. The molecule has 0 aromatic carbocycles. The Balaban J connectivity index is 1.50. The first-order valence-corrected chi connectivity index (χ1v) is 13.8. The fourth-order valence-corrected chi connectivity index (χ4v) is 8.97. The van der Waals surface area contributed by atoms with Crippen LogP contribution < -0.4 is 4.72 Å². The SMILES string of the molecule is CCC(C)(C)C(=O)OC1(CC)C2CC3CC1CC(CNS(=O)(=O)C1CCCC1)(C3)C2. The van der Waals surface area contributed by atoms with Crippen molar-refractivity contribution in [1.29, 1.82) is 0 Å². The number of hydrogen-bond donors (Lipinski definition) is 1. The van der Waals surface area contributed by atoms with Gasteiger partial charge in [0.1, 0.15) is 5.60 Å². The second-order valence-corrected chi connectivity index (χ2v) is 13.6. The molecule has 2 atom stereocenters. The minimum atomic E-state index is -3.22. The van der Waals surface area contributed by atoms with E-state index in [9.17, 15) is 13.2 Å². The lowest BCUT2D eigenvalue weighted by Gasteiger charge is -2.64. The number of carbonyl (C=O) groups is 1. The first-order chi connectivity index (χ1) is 14.1. The van der Waals surface area contributed by atoms with Crippen molar-refractivity contribution in [3.8, 4) is 0 Å². The van der Waals surface area contributed by atoms with Crippen LogP contribution in [0.25, 0.3) is 0 Å². The molecule has 0 aromatic heterocycles. The van der Waals surface area contributed by atoms with Crippen molar-refractivity contribution in [1.82, 2.24) is 4.72 Å². The molecule has 5 aliphatic rings. The lowest BCUT2D eigenvalue weighted by Crippen LogP contribution is -2.64. The highest BCUT2D eigenvalue weighted by Crippen LogP contribution is 2.65. The Kier molecular flexibility index (Phi) is 5.83. The third-order valence-corrected chi connectivity index (χ3v) is 11.3. The van der Waals surface area contributed by atoms with E-state index in [1.807, 2.05) is 20.8 Å². The molecule has 4 bridgehead atoms. The molecular weight excluding hydrogens is 398 g/mol. The van der Waals surface area contributed by atoms with Crippen LogP contribution in [0.5, 0.6) is 0 Å². The second-order valence-electron chi connectivity index (χ2n) is 11.6. The molecule has 5 fully saturated rings. The molecule has 6 heteroatoms.